The van der Waals surface area contributed by atoms with Crippen molar-refractivity contribution in [2.45, 2.75) is 12.5 Å². The van der Waals surface area contributed by atoms with Crippen molar-refractivity contribution in [3.05, 3.63) is 53.8 Å². The maximum absolute atomic E-state index is 13.2. The Kier molecular flexibility index (Phi) is 3.25. The quantitative estimate of drug-likeness (QED) is 0.862. The Morgan fingerprint density at radius 2 is 2.10 bits per heavy atom. The first-order valence-corrected chi connectivity index (χ1v) is 6.63. The van der Waals surface area contributed by atoms with Gasteiger partial charge in [-0.25, -0.2) is 4.39 Å². The summed E-state index contributed by atoms with van der Waals surface area (Å²) in [5.74, 6) is 0.113. The van der Waals surface area contributed by atoms with Crippen LogP contribution in [0.5, 0.6) is 5.75 Å². The molecule has 5 heteroatoms. The number of nitrogens with two attached hydrogens (primary N) is 1. The highest BCUT2D eigenvalue weighted by Crippen LogP contribution is 2.35. The number of likely N-dealkylation sites (N-methyl/N-ethyl adjacent to an activating group) is 1. The molecular formula is C16H15FN2O2. The number of nitrogen functional groups attached to an aromatic ring is 1. The Hall–Kier alpha value is -2.56. The van der Waals surface area contributed by atoms with E-state index in [1.165, 1.54) is 17.0 Å². The molecule has 21 heavy (non-hydrogen) atoms. The lowest BCUT2D eigenvalue weighted by Gasteiger charge is -2.32. The van der Waals surface area contributed by atoms with E-state index < -0.39 is 6.10 Å². The molecule has 0 fully saturated rings. The van der Waals surface area contributed by atoms with Crippen LogP contribution in [0.4, 0.5) is 15.8 Å². The Balaban J connectivity index is 1.88. The van der Waals surface area contributed by atoms with Gasteiger partial charge in [-0.3, -0.25) is 4.79 Å². The van der Waals surface area contributed by atoms with Crippen LogP contribution in [0.25, 0.3) is 0 Å². The average molecular weight is 286 g/mol. The van der Waals surface area contributed by atoms with Gasteiger partial charge in [0.25, 0.3) is 5.91 Å². The fourth-order valence-corrected chi connectivity index (χ4v) is 2.44. The van der Waals surface area contributed by atoms with Gasteiger partial charge < -0.3 is 15.4 Å². The third kappa shape index (κ3) is 2.54. The first kappa shape index (κ1) is 13.4. The molecular weight excluding hydrogens is 271 g/mol. The molecule has 108 valence electrons. The zero-order chi connectivity index (χ0) is 15.0. The van der Waals surface area contributed by atoms with E-state index >= 15 is 0 Å². The van der Waals surface area contributed by atoms with Gasteiger partial charge in [0.2, 0.25) is 0 Å². The SMILES string of the molecule is CN1C(=O)C(Cc2cccc(F)c2)Oc2ccc(N)cc21. The number of fused-ring (bicyclic) bond motifs is 1. The number of anilines is 2. The monoisotopic (exact) mass is 286 g/mol. The van der Waals surface area contributed by atoms with Gasteiger partial charge in [-0.05, 0) is 35.9 Å². The largest absolute Gasteiger partial charge is 0.478 e. The number of hydrogen-bond acceptors (Lipinski definition) is 3. The lowest BCUT2D eigenvalue weighted by atomic mass is 10.0. The Morgan fingerprint density at radius 3 is 2.86 bits per heavy atom. The topological polar surface area (TPSA) is 55.6 Å². The van der Waals surface area contributed by atoms with E-state index in [0.29, 0.717) is 23.5 Å². The number of nitrogens with zero attached hydrogens (tertiary/aromatic N) is 1. The van der Waals surface area contributed by atoms with Crippen LogP contribution in [0, 0.1) is 5.82 Å². The fourth-order valence-electron chi connectivity index (χ4n) is 2.44. The molecule has 1 atom stereocenters. The molecule has 2 aromatic carbocycles. The number of carbonyl (C=O) groups is 1. The lowest BCUT2D eigenvalue weighted by molar-refractivity contribution is -0.125. The second-order valence-electron chi connectivity index (χ2n) is 5.06. The Labute approximate surface area is 121 Å². The lowest BCUT2D eigenvalue weighted by Crippen LogP contribution is -2.44. The highest BCUT2D eigenvalue weighted by atomic mass is 19.1. The van der Waals surface area contributed by atoms with Crippen molar-refractivity contribution in [1.82, 2.24) is 0 Å². The van der Waals surface area contributed by atoms with Crippen molar-refractivity contribution in [3.8, 4) is 5.75 Å². The molecule has 0 bridgehead atoms. The summed E-state index contributed by atoms with van der Waals surface area (Å²) in [4.78, 5) is 13.9. The first-order chi connectivity index (χ1) is 10.0. The summed E-state index contributed by atoms with van der Waals surface area (Å²) in [5.41, 5.74) is 7.67. The minimum absolute atomic E-state index is 0.169. The van der Waals surface area contributed by atoms with Crippen LogP contribution in [0.2, 0.25) is 0 Å². The maximum Gasteiger partial charge on any atom is 0.268 e. The molecule has 0 saturated heterocycles. The van der Waals surface area contributed by atoms with E-state index in [9.17, 15) is 9.18 Å². The van der Waals surface area contributed by atoms with E-state index in [0.717, 1.165) is 5.56 Å². The third-order valence-corrected chi connectivity index (χ3v) is 3.53. The molecule has 1 unspecified atom stereocenters. The van der Waals surface area contributed by atoms with Crippen LogP contribution in [0.15, 0.2) is 42.5 Å². The molecule has 1 aliphatic rings. The number of rotatable bonds is 2. The third-order valence-electron chi connectivity index (χ3n) is 3.53. The second-order valence-corrected chi connectivity index (χ2v) is 5.06. The van der Waals surface area contributed by atoms with Gasteiger partial charge >= 0.3 is 0 Å². The summed E-state index contributed by atoms with van der Waals surface area (Å²) in [6.07, 6.45) is -0.335. The molecule has 2 N–H and O–H groups in total. The van der Waals surface area contributed by atoms with Crippen LogP contribution in [-0.2, 0) is 11.2 Å². The van der Waals surface area contributed by atoms with E-state index in [-0.39, 0.29) is 11.7 Å². The van der Waals surface area contributed by atoms with Gasteiger partial charge in [0.1, 0.15) is 11.6 Å². The predicted molar refractivity (Wildman–Crippen MR) is 78.8 cm³/mol. The average Bonchev–Trinajstić information content (AvgIpc) is 2.45. The van der Waals surface area contributed by atoms with Gasteiger partial charge in [0.05, 0.1) is 5.69 Å². The normalized spacial score (nSPS) is 17.3. The predicted octanol–water partition coefficient (Wildman–Crippen LogP) is 2.37. The molecule has 0 aromatic heterocycles. The smallest absolute Gasteiger partial charge is 0.268 e. The molecule has 3 rings (SSSR count). The van der Waals surface area contributed by atoms with E-state index in [4.69, 9.17) is 10.5 Å². The summed E-state index contributed by atoms with van der Waals surface area (Å²) in [5, 5.41) is 0. The van der Waals surface area contributed by atoms with Crippen LogP contribution in [0.1, 0.15) is 5.56 Å². The number of ether oxygens (including phenoxy) is 1. The van der Waals surface area contributed by atoms with Gasteiger partial charge in [0.15, 0.2) is 6.10 Å². The van der Waals surface area contributed by atoms with Crippen LogP contribution >= 0.6 is 0 Å². The molecule has 0 spiro atoms. The van der Waals surface area contributed by atoms with E-state index in [1.54, 1.807) is 37.4 Å². The summed E-state index contributed by atoms with van der Waals surface area (Å²) in [7, 11) is 1.68. The molecule has 1 aliphatic heterocycles. The van der Waals surface area contributed by atoms with E-state index in [2.05, 4.69) is 0 Å². The number of benzene rings is 2. The molecule has 4 nitrogen and oxygen atoms in total. The summed E-state index contributed by atoms with van der Waals surface area (Å²) in [6.45, 7) is 0. The second kappa shape index (κ2) is 5.09. The zero-order valence-corrected chi connectivity index (χ0v) is 11.5. The molecule has 1 heterocycles. The van der Waals surface area contributed by atoms with Crippen LogP contribution in [0.3, 0.4) is 0 Å². The Bertz CT molecular complexity index is 702. The highest BCUT2D eigenvalue weighted by molar-refractivity contribution is 6.00. The molecule has 0 saturated carbocycles. The summed E-state index contributed by atoms with van der Waals surface area (Å²) < 4.78 is 19.0. The highest BCUT2D eigenvalue weighted by Gasteiger charge is 2.32. The minimum Gasteiger partial charge on any atom is -0.478 e. The standard InChI is InChI=1S/C16H15FN2O2/c1-19-13-9-12(18)5-6-14(13)21-15(16(19)20)8-10-3-2-4-11(17)7-10/h2-7,9,15H,8,18H2,1H3. The number of halogens is 1. The minimum atomic E-state index is -0.659. The number of hydrogen-bond donors (Lipinski definition) is 1. The fraction of sp³-hybridized carbons (Fsp3) is 0.188. The number of carbonyl (C=O) groups excluding carboxylic acids is 1. The number of amides is 1. The maximum atomic E-state index is 13.2. The summed E-state index contributed by atoms with van der Waals surface area (Å²) >= 11 is 0. The van der Waals surface area contributed by atoms with Crippen molar-refractivity contribution in [2.24, 2.45) is 0 Å². The van der Waals surface area contributed by atoms with Gasteiger partial charge in [-0.2, -0.15) is 0 Å². The van der Waals surface area contributed by atoms with Crippen molar-refractivity contribution >= 4 is 17.3 Å². The van der Waals surface area contributed by atoms with Gasteiger partial charge in [-0.1, -0.05) is 12.1 Å². The van der Waals surface area contributed by atoms with Crippen LogP contribution in [-0.4, -0.2) is 19.1 Å². The van der Waals surface area contributed by atoms with Crippen LogP contribution < -0.4 is 15.4 Å². The Morgan fingerprint density at radius 1 is 1.29 bits per heavy atom. The van der Waals surface area contributed by atoms with Crippen molar-refractivity contribution in [2.75, 3.05) is 17.7 Å². The molecule has 0 aliphatic carbocycles. The van der Waals surface area contributed by atoms with Gasteiger partial charge in [0, 0.05) is 19.2 Å². The van der Waals surface area contributed by atoms with Crippen molar-refractivity contribution < 1.29 is 13.9 Å². The van der Waals surface area contributed by atoms with Crippen molar-refractivity contribution in [3.63, 3.8) is 0 Å². The zero-order valence-electron chi connectivity index (χ0n) is 11.5. The van der Waals surface area contributed by atoms with Crippen molar-refractivity contribution in [1.29, 1.82) is 0 Å². The van der Waals surface area contributed by atoms with Gasteiger partial charge in [-0.15, -0.1) is 0 Å². The van der Waals surface area contributed by atoms with E-state index in [1.807, 2.05) is 0 Å². The molecule has 0 radical (unpaired) electrons. The first-order valence-electron chi connectivity index (χ1n) is 6.63. The molecule has 1 amide bonds. The summed E-state index contributed by atoms with van der Waals surface area (Å²) in [6, 6.07) is 11.3. The molecule has 2 aromatic rings.